The number of nitrogens with zero attached hydrogens (tertiary/aromatic N) is 1. The van der Waals surface area contributed by atoms with E-state index in [0.717, 1.165) is 0 Å². The van der Waals surface area contributed by atoms with Gasteiger partial charge in [-0.15, -0.1) is 0 Å². The third kappa shape index (κ3) is 5.22. The molecule has 0 saturated heterocycles. The molecule has 106 valence electrons. The molecular weight excluding hydrogens is 289 g/mol. The lowest BCUT2D eigenvalue weighted by Gasteiger charge is -2.23. The number of nitrogens with two attached hydrogens (primary N) is 1. The molecule has 7 heteroatoms. The van der Waals surface area contributed by atoms with E-state index < -0.39 is 17.7 Å². The fourth-order valence-corrected chi connectivity index (χ4v) is 1.89. The number of ether oxygens (including phenoxy) is 1. The van der Waals surface area contributed by atoms with E-state index in [9.17, 15) is 4.79 Å². The number of nitrogens with one attached hydrogen (secondary N) is 1. The van der Waals surface area contributed by atoms with Crippen molar-refractivity contribution in [2.45, 2.75) is 32.4 Å². The van der Waals surface area contributed by atoms with Crippen molar-refractivity contribution in [2.75, 3.05) is 6.54 Å². The summed E-state index contributed by atoms with van der Waals surface area (Å²) in [5.41, 5.74) is 5.65. The molecule has 1 amide bonds. The van der Waals surface area contributed by atoms with Crippen LogP contribution in [0.2, 0.25) is 10.2 Å². The average molecular weight is 306 g/mol. The van der Waals surface area contributed by atoms with E-state index in [1.54, 1.807) is 20.8 Å². The fourth-order valence-electron chi connectivity index (χ4n) is 1.39. The summed E-state index contributed by atoms with van der Waals surface area (Å²) in [4.78, 5) is 15.6. The zero-order chi connectivity index (χ0) is 14.6. The Morgan fingerprint density at radius 3 is 2.63 bits per heavy atom. The highest BCUT2D eigenvalue weighted by Gasteiger charge is 2.21. The standard InChI is InChI=1S/C12H17Cl2N3O2/c1-12(2,3)19-11(18)17-9(5-15)7-6-16-10(14)4-8(7)13/h4,6,9H,5,15H2,1-3H3,(H,17,18). The predicted octanol–water partition coefficient (Wildman–Crippen LogP) is 2.91. The summed E-state index contributed by atoms with van der Waals surface area (Å²) in [7, 11) is 0. The minimum absolute atomic E-state index is 0.169. The topological polar surface area (TPSA) is 77.2 Å². The molecule has 3 N–H and O–H groups in total. The van der Waals surface area contributed by atoms with Crippen molar-refractivity contribution in [1.82, 2.24) is 10.3 Å². The minimum atomic E-state index is -0.578. The summed E-state index contributed by atoms with van der Waals surface area (Å²) in [6.07, 6.45) is 0.925. The first-order chi connectivity index (χ1) is 8.73. The van der Waals surface area contributed by atoms with E-state index in [1.165, 1.54) is 12.3 Å². The zero-order valence-corrected chi connectivity index (χ0v) is 12.5. The van der Waals surface area contributed by atoms with Gasteiger partial charge in [-0.1, -0.05) is 23.2 Å². The number of carbonyl (C=O) groups is 1. The molecule has 19 heavy (non-hydrogen) atoms. The molecule has 0 bridgehead atoms. The van der Waals surface area contributed by atoms with Crippen LogP contribution in [0.25, 0.3) is 0 Å². The number of amides is 1. The quantitative estimate of drug-likeness (QED) is 0.842. The van der Waals surface area contributed by atoms with Crippen LogP contribution in [-0.2, 0) is 4.74 Å². The van der Waals surface area contributed by atoms with E-state index in [-0.39, 0.29) is 11.7 Å². The second-order valence-electron chi connectivity index (χ2n) is 4.96. The first kappa shape index (κ1) is 16.0. The number of alkyl carbamates (subject to hydrolysis) is 1. The van der Waals surface area contributed by atoms with Gasteiger partial charge in [0.1, 0.15) is 10.8 Å². The number of hydrogen-bond acceptors (Lipinski definition) is 4. The van der Waals surface area contributed by atoms with E-state index in [4.69, 9.17) is 33.7 Å². The Balaban J connectivity index is 2.81. The third-order valence-corrected chi connectivity index (χ3v) is 2.68. The van der Waals surface area contributed by atoms with Crippen LogP contribution < -0.4 is 11.1 Å². The highest BCUT2D eigenvalue weighted by Crippen LogP contribution is 2.24. The Morgan fingerprint density at radius 2 is 2.16 bits per heavy atom. The van der Waals surface area contributed by atoms with Crippen LogP contribution in [0.3, 0.4) is 0 Å². The molecule has 1 aromatic rings. The molecule has 1 atom stereocenters. The number of halogens is 2. The van der Waals surface area contributed by atoms with Gasteiger partial charge in [-0.25, -0.2) is 9.78 Å². The van der Waals surface area contributed by atoms with Gasteiger partial charge in [0.2, 0.25) is 0 Å². The van der Waals surface area contributed by atoms with Gasteiger partial charge in [0, 0.05) is 18.3 Å². The van der Waals surface area contributed by atoms with Gasteiger partial charge >= 0.3 is 6.09 Å². The van der Waals surface area contributed by atoms with Crippen molar-refractivity contribution in [1.29, 1.82) is 0 Å². The van der Waals surface area contributed by atoms with Crippen LogP contribution in [0, 0.1) is 0 Å². The minimum Gasteiger partial charge on any atom is -0.444 e. The fraction of sp³-hybridized carbons (Fsp3) is 0.500. The predicted molar refractivity (Wildman–Crippen MR) is 75.4 cm³/mol. The lowest BCUT2D eigenvalue weighted by atomic mass is 10.1. The van der Waals surface area contributed by atoms with Gasteiger partial charge in [0.05, 0.1) is 11.1 Å². The van der Waals surface area contributed by atoms with Crippen LogP contribution in [0.15, 0.2) is 12.3 Å². The van der Waals surface area contributed by atoms with Crippen LogP contribution in [0.4, 0.5) is 4.79 Å². The van der Waals surface area contributed by atoms with Gasteiger partial charge in [0.25, 0.3) is 0 Å². The van der Waals surface area contributed by atoms with Crippen molar-refractivity contribution in [3.05, 3.63) is 28.0 Å². The number of aromatic nitrogens is 1. The first-order valence-corrected chi connectivity index (χ1v) is 6.49. The van der Waals surface area contributed by atoms with E-state index in [0.29, 0.717) is 10.6 Å². The molecule has 1 rings (SSSR count). The van der Waals surface area contributed by atoms with Crippen molar-refractivity contribution < 1.29 is 9.53 Å². The lowest BCUT2D eigenvalue weighted by molar-refractivity contribution is 0.0505. The van der Waals surface area contributed by atoms with Gasteiger partial charge < -0.3 is 15.8 Å². The monoisotopic (exact) mass is 305 g/mol. The molecular formula is C12H17Cl2N3O2. The number of pyridine rings is 1. The van der Waals surface area contributed by atoms with Crippen LogP contribution >= 0.6 is 23.2 Å². The van der Waals surface area contributed by atoms with E-state index >= 15 is 0 Å². The Bertz CT molecular complexity index is 461. The largest absolute Gasteiger partial charge is 0.444 e. The summed E-state index contributed by atoms with van der Waals surface area (Å²) < 4.78 is 5.16. The smallest absolute Gasteiger partial charge is 0.408 e. The Morgan fingerprint density at radius 1 is 1.53 bits per heavy atom. The molecule has 0 saturated carbocycles. The normalized spacial score (nSPS) is 12.9. The van der Waals surface area contributed by atoms with Crippen molar-refractivity contribution in [2.24, 2.45) is 5.73 Å². The Kier molecular flexibility index (Phi) is 5.40. The lowest BCUT2D eigenvalue weighted by Crippen LogP contribution is -2.37. The summed E-state index contributed by atoms with van der Waals surface area (Å²) >= 11 is 11.8. The zero-order valence-electron chi connectivity index (χ0n) is 11.0. The van der Waals surface area contributed by atoms with Crippen molar-refractivity contribution in [3.8, 4) is 0 Å². The maximum atomic E-state index is 11.7. The van der Waals surface area contributed by atoms with Crippen molar-refractivity contribution in [3.63, 3.8) is 0 Å². The summed E-state index contributed by atoms with van der Waals surface area (Å²) in [6.45, 7) is 5.50. The maximum absolute atomic E-state index is 11.7. The molecule has 0 aliphatic carbocycles. The van der Waals surface area contributed by atoms with Crippen LogP contribution in [0.5, 0.6) is 0 Å². The third-order valence-electron chi connectivity index (χ3n) is 2.15. The average Bonchev–Trinajstić information content (AvgIpc) is 2.24. The second-order valence-corrected chi connectivity index (χ2v) is 5.76. The number of rotatable bonds is 3. The highest BCUT2D eigenvalue weighted by molar-refractivity contribution is 6.34. The molecule has 1 aromatic heterocycles. The van der Waals surface area contributed by atoms with Crippen LogP contribution in [-0.4, -0.2) is 23.2 Å². The highest BCUT2D eigenvalue weighted by atomic mass is 35.5. The molecule has 0 aliphatic heterocycles. The van der Waals surface area contributed by atoms with E-state index in [1.807, 2.05) is 0 Å². The van der Waals surface area contributed by atoms with Gasteiger partial charge in [-0.3, -0.25) is 0 Å². The Labute approximate surface area is 122 Å². The molecule has 0 spiro atoms. The molecule has 1 unspecified atom stereocenters. The molecule has 0 aliphatic rings. The summed E-state index contributed by atoms with van der Waals surface area (Å²) in [5, 5.41) is 3.32. The van der Waals surface area contributed by atoms with Crippen molar-refractivity contribution >= 4 is 29.3 Å². The maximum Gasteiger partial charge on any atom is 0.408 e. The first-order valence-electron chi connectivity index (χ1n) is 5.73. The molecule has 5 nitrogen and oxygen atoms in total. The van der Waals surface area contributed by atoms with E-state index in [2.05, 4.69) is 10.3 Å². The number of hydrogen-bond donors (Lipinski definition) is 2. The molecule has 0 radical (unpaired) electrons. The Hall–Kier alpha value is -1.04. The summed E-state index contributed by atoms with van der Waals surface area (Å²) in [5.74, 6) is 0. The van der Waals surface area contributed by atoms with Crippen LogP contribution in [0.1, 0.15) is 32.4 Å². The van der Waals surface area contributed by atoms with Gasteiger partial charge in [-0.2, -0.15) is 0 Å². The second kappa shape index (κ2) is 6.41. The SMILES string of the molecule is CC(C)(C)OC(=O)NC(CN)c1cnc(Cl)cc1Cl. The molecule has 1 heterocycles. The molecule has 0 fully saturated rings. The van der Waals surface area contributed by atoms with Gasteiger partial charge in [-0.05, 0) is 26.8 Å². The summed E-state index contributed by atoms with van der Waals surface area (Å²) in [6, 6.07) is 1.02. The number of carbonyl (C=O) groups excluding carboxylic acids is 1. The van der Waals surface area contributed by atoms with Gasteiger partial charge in [0.15, 0.2) is 0 Å². The molecule has 0 aromatic carbocycles.